The van der Waals surface area contributed by atoms with E-state index in [1.54, 1.807) is 24.3 Å². The van der Waals surface area contributed by atoms with Crippen molar-refractivity contribution in [3.05, 3.63) is 59.7 Å². The number of nitrogens with zero attached hydrogens (tertiary/aromatic N) is 1. The van der Waals surface area contributed by atoms with Gasteiger partial charge < -0.3 is 10.1 Å². The third-order valence-electron chi connectivity index (χ3n) is 3.36. The third kappa shape index (κ3) is 5.80. The van der Waals surface area contributed by atoms with Crippen LogP contribution in [0, 0.1) is 19.3 Å². The number of carbonyl (C=O) groups excluding carboxylic acids is 2. The van der Waals surface area contributed by atoms with E-state index in [1.807, 2.05) is 31.2 Å². The van der Waals surface area contributed by atoms with Crippen LogP contribution in [-0.4, -0.2) is 24.6 Å². The van der Waals surface area contributed by atoms with E-state index < -0.39 is 11.8 Å². The van der Waals surface area contributed by atoms with Crippen molar-refractivity contribution in [2.24, 2.45) is 5.10 Å². The van der Waals surface area contributed by atoms with Gasteiger partial charge in [-0.2, -0.15) is 5.10 Å². The number of benzene rings is 2. The van der Waals surface area contributed by atoms with Crippen molar-refractivity contribution in [3.8, 4) is 18.1 Å². The van der Waals surface area contributed by atoms with E-state index in [0.29, 0.717) is 17.0 Å². The predicted molar refractivity (Wildman–Crippen MR) is 101 cm³/mol. The molecule has 0 aliphatic heterocycles. The molecule has 0 aliphatic carbocycles. The predicted octanol–water partition coefficient (Wildman–Crippen LogP) is 2.49. The molecule has 2 aromatic rings. The molecular formula is C20H19N3O3. The lowest BCUT2D eigenvalue weighted by Crippen LogP contribution is -2.24. The molecule has 0 unspecified atom stereocenters. The van der Waals surface area contributed by atoms with Crippen molar-refractivity contribution in [1.29, 1.82) is 0 Å². The zero-order valence-corrected chi connectivity index (χ0v) is 14.4. The van der Waals surface area contributed by atoms with Gasteiger partial charge in [-0.1, -0.05) is 36.3 Å². The minimum atomic E-state index is -0.519. The summed E-state index contributed by atoms with van der Waals surface area (Å²) >= 11 is 0. The first kappa shape index (κ1) is 18.7. The van der Waals surface area contributed by atoms with Gasteiger partial charge in [-0.3, -0.25) is 9.59 Å². The Hall–Kier alpha value is -3.59. The Morgan fingerprint density at radius 1 is 1.15 bits per heavy atom. The second-order valence-corrected chi connectivity index (χ2v) is 5.36. The van der Waals surface area contributed by atoms with Crippen LogP contribution in [0.5, 0.6) is 5.75 Å². The first-order chi connectivity index (χ1) is 12.6. The fraction of sp³-hybridized carbons (Fsp3) is 0.150. The number of carbonyl (C=O) groups is 2. The number of nitrogens with one attached hydrogen (secondary N) is 2. The van der Waals surface area contributed by atoms with E-state index in [0.717, 1.165) is 5.56 Å². The van der Waals surface area contributed by atoms with Crippen LogP contribution in [0.4, 0.5) is 5.69 Å². The highest BCUT2D eigenvalue weighted by Crippen LogP contribution is 2.15. The molecule has 2 amide bonds. The number of hydrazone groups is 1. The second-order valence-electron chi connectivity index (χ2n) is 5.36. The Labute approximate surface area is 152 Å². The number of ether oxygens (including phenoxy) is 1. The van der Waals surface area contributed by atoms with Gasteiger partial charge in [-0.05, 0) is 30.7 Å². The van der Waals surface area contributed by atoms with Crippen molar-refractivity contribution in [1.82, 2.24) is 5.43 Å². The Bertz CT molecular complexity index is 853. The van der Waals surface area contributed by atoms with E-state index in [1.165, 1.54) is 6.21 Å². The standard InChI is InChI=1S/C20H19N3O3/c1-3-12-26-18-11-7-5-9-16(18)14-21-23-20(25)13-19(24)22-17-10-6-4-8-15(17)2/h1,4-11,14H,12-13H2,2H3,(H,22,24)(H,23,25). The van der Waals surface area contributed by atoms with Gasteiger partial charge in [0, 0.05) is 11.3 Å². The molecular weight excluding hydrogens is 330 g/mol. The lowest BCUT2D eigenvalue weighted by Gasteiger charge is -2.07. The molecule has 0 atom stereocenters. The minimum Gasteiger partial charge on any atom is -0.480 e. The number of rotatable bonds is 7. The lowest BCUT2D eigenvalue weighted by molar-refractivity contribution is -0.126. The van der Waals surface area contributed by atoms with Gasteiger partial charge in [0.15, 0.2) is 0 Å². The Kier molecular flexibility index (Phi) is 6.95. The maximum Gasteiger partial charge on any atom is 0.249 e. The first-order valence-corrected chi connectivity index (χ1v) is 7.93. The molecule has 132 valence electrons. The van der Waals surface area contributed by atoms with Crippen molar-refractivity contribution in [2.45, 2.75) is 13.3 Å². The summed E-state index contributed by atoms with van der Waals surface area (Å²) in [5, 5.41) is 6.54. The van der Waals surface area contributed by atoms with Crippen LogP contribution in [0.25, 0.3) is 0 Å². The van der Waals surface area contributed by atoms with Crippen LogP contribution >= 0.6 is 0 Å². The lowest BCUT2D eigenvalue weighted by atomic mass is 10.2. The van der Waals surface area contributed by atoms with Crippen LogP contribution < -0.4 is 15.5 Å². The van der Waals surface area contributed by atoms with Gasteiger partial charge in [0.05, 0.1) is 6.21 Å². The SMILES string of the molecule is C#CCOc1ccccc1C=NNC(=O)CC(=O)Nc1ccccc1C. The van der Waals surface area contributed by atoms with Crippen LogP contribution in [0.15, 0.2) is 53.6 Å². The Morgan fingerprint density at radius 3 is 2.65 bits per heavy atom. The molecule has 0 aliphatic rings. The summed E-state index contributed by atoms with van der Waals surface area (Å²) in [5.41, 5.74) is 4.57. The van der Waals surface area contributed by atoms with E-state index in [9.17, 15) is 9.59 Å². The Morgan fingerprint density at radius 2 is 1.88 bits per heavy atom. The van der Waals surface area contributed by atoms with Gasteiger partial charge in [0.1, 0.15) is 18.8 Å². The zero-order chi connectivity index (χ0) is 18.8. The monoisotopic (exact) mass is 349 g/mol. The average Bonchev–Trinajstić information content (AvgIpc) is 2.62. The highest BCUT2D eigenvalue weighted by atomic mass is 16.5. The molecule has 2 aromatic carbocycles. The number of hydrogen-bond acceptors (Lipinski definition) is 4. The normalized spacial score (nSPS) is 10.2. The van der Waals surface area contributed by atoms with Gasteiger partial charge >= 0.3 is 0 Å². The first-order valence-electron chi connectivity index (χ1n) is 7.93. The number of amides is 2. The van der Waals surface area contributed by atoms with Gasteiger partial charge in [0.2, 0.25) is 11.8 Å². The molecule has 6 heteroatoms. The number of terminal acetylenes is 1. The van der Waals surface area contributed by atoms with Crippen molar-refractivity contribution in [2.75, 3.05) is 11.9 Å². The largest absolute Gasteiger partial charge is 0.480 e. The molecule has 0 fully saturated rings. The summed E-state index contributed by atoms with van der Waals surface area (Å²) in [6.45, 7) is 2.01. The topological polar surface area (TPSA) is 79.8 Å². The summed E-state index contributed by atoms with van der Waals surface area (Å²) in [6.07, 6.45) is 6.27. The second kappa shape index (κ2) is 9.64. The molecule has 2 N–H and O–H groups in total. The third-order valence-corrected chi connectivity index (χ3v) is 3.36. The van der Waals surface area contributed by atoms with Gasteiger partial charge in [0.25, 0.3) is 0 Å². The molecule has 0 saturated carbocycles. The summed E-state index contributed by atoms with van der Waals surface area (Å²) in [4.78, 5) is 23.8. The summed E-state index contributed by atoms with van der Waals surface area (Å²) < 4.78 is 5.38. The van der Waals surface area contributed by atoms with E-state index in [4.69, 9.17) is 11.2 Å². The quantitative estimate of drug-likeness (QED) is 0.349. The fourth-order valence-corrected chi connectivity index (χ4v) is 2.10. The Balaban J connectivity index is 1.87. The van der Waals surface area contributed by atoms with Crippen LogP contribution in [0.1, 0.15) is 17.5 Å². The maximum absolute atomic E-state index is 11.9. The van der Waals surface area contributed by atoms with Gasteiger partial charge in [-0.15, -0.1) is 6.42 Å². The number of hydrogen-bond donors (Lipinski definition) is 2. The minimum absolute atomic E-state index is 0.135. The van der Waals surface area contributed by atoms with Crippen LogP contribution in [0.2, 0.25) is 0 Å². The van der Waals surface area contributed by atoms with Gasteiger partial charge in [-0.25, -0.2) is 5.43 Å². The van der Waals surface area contributed by atoms with E-state index in [2.05, 4.69) is 21.8 Å². The summed E-state index contributed by atoms with van der Waals surface area (Å²) in [5.74, 6) is 2.01. The average molecular weight is 349 g/mol. The fourth-order valence-electron chi connectivity index (χ4n) is 2.10. The molecule has 6 nitrogen and oxygen atoms in total. The molecule has 0 spiro atoms. The van der Waals surface area contributed by atoms with Crippen molar-refractivity contribution in [3.63, 3.8) is 0 Å². The highest BCUT2D eigenvalue weighted by Gasteiger charge is 2.10. The van der Waals surface area contributed by atoms with Crippen molar-refractivity contribution >= 4 is 23.7 Å². The summed E-state index contributed by atoms with van der Waals surface area (Å²) in [7, 11) is 0. The van der Waals surface area contributed by atoms with Crippen LogP contribution in [0.3, 0.4) is 0 Å². The molecule has 0 radical (unpaired) electrons. The molecule has 0 saturated heterocycles. The van der Waals surface area contributed by atoms with E-state index in [-0.39, 0.29) is 13.0 Å². The molecule has 26 heavy (non-hydrogen) atoms. The molecule has 0 aromatic heterocycles. The van der Waals surface area contributed by atoms with Crippen molar-refractivity contribution < 1.29 is 14.3 Å². The molecule has 2 rings (SSSR count). The smallest absolute Gasteiger partial charge is 0.249 e. The number of aryl methyl sites for hydroxylation is 1. The van der Waals surface area contributed by atoms with Crippen LogP contribution in [-0.2, 0) is 9.59 Å². The zero-order valence-electron chi connectivity index (χ0n) is 14.4. The number of anilines is 1. The number of para-hydroxylation sites is 2. The molecule has 0 bridgehead atoms. The summed E-state index contributed by atoms with van der Waals surface area (Å²) in [6, 6.07) is 14.5. The van der Waals surface area contributed by atoms with E-state index >= 15 is 0 Å². The highest BCUT2D eigenvalue weighted by molar-refractivity contribution is 6.04. The molecule has 0 heterocycles. The maximum atomic E-state index is 11.9.